The number of hydrogen-bond donors (Lipinski definition) is 3. The van der Waals surface area contributed by atoms with Crippen LogP contribution in [0.25, 0.3) is 0 Å². The van der Waals surface area contributed by atoms with Crippen LogP contribution in [-0.4, -0.2) is 47.4 Å². The minimum atomic E-state index is -0.842. The van der Waals surface area contributed by atoms with E-state index in [-0.39, 0.29) is 18.5 Å². The molecule has 1 amide bonds. The van der Waals surface area contributed by atoms with Gasteiger partial charge in [-0.3, -0.25) is 9.59 Å². The Labute approximate surface area is 551 Å². The average molecular weight is 1240 g/mol. The molecule has 6 nitrogen and oxygen atoms in total. The first-order valence-electron chi connectivity index (χ1n) is 40.6. The van der Waals surface area contributed by atoms with E-state index in [0.29, 0.717) is 19.4 Å². The van der Waals surface area contributed by atoms with Crippen molar-refractivity contribution >= 4 is 11.9 Å². The minimum Gasteiger partial charge on any atom is -0.466 e. The van der Waals surface area contributed by atoms with Gasteiger partial charge in [0.2, 0.25) is 5.91 Å². The second-order valence-electron chi connectivity index (χ2n) is 28.1. The maximum Gasteiger partial charge on any atom is 0.305 e. The van der Waals surface area contributed by atoms with E-state index >= 15 is 0 Å². The first-order chi connectivity index (χ1) is 43.5. The highest BCUT2D eigenvalue weighted by Crippen LogP contribution is 2.20. The number of amides is 1. The van der Waals surface area contributed by atoms with Crippen molar-refractivity contribution < 1.29 is 24.5 Å². The molecule has 3 N–H and O–H groups in total. The van der Waals surface area contributed by atoms with Crippen LogP contribution in [0.2, 0.25) is 0 Å². The minimum absolute atomic E-state index is 0.0145. The summed E-state index contributed by atoms with van der Waals surface area (Å²) in [5.41, 5.74) is 0. The number of esters is 1. The molecule has 0 aromatic heterocycles. The molecule has 0 bridgehead atoms. The highest BCUT2D eigenvalue weighted by atomic mass is 16.5. The summed E-state index contributed by atoms with van der Waals surface area (Å²) in [5.74, 6) is -0.0433. The van der Waals surface area contributed by atoms with Crippen LogP contribution in [0.5, 0.6) is 0 Å². The number of rotatable bonds is 77. The molecule has 2 unspecified atom stereocenters. The van der Waals surface area contributed by atoms with Crippen molar-refractivity contribution in [1.82, 2.24) is 5.32 Å². The Morgan fingerprint density at radius 2 is 0.534 bits per heavy atom. The lowest BCUT2D eigenvalue weighted by Gasteiger charge is -2.20. The molecule has 0 aromatic carbocycles. The molecule has 0 radical (unpaired) electrons. The largest absolute Gasteiger partial charge is 0.466 e. The van der Waals surface area contributed by atoms with Gasteiger partial charge >= 0.3 is 5.97 Å². The third kappa shape index (κ3) is 73.4. The zero-order valence-corrected chi connectivity index (χ0v) is 60.0. The van der Waals surface area contributed by atoms with E-state index in [9.17, 15) is 19.8 Å². The zero-order chi connectivity index (χ0) is 63.5. The smallest absolute Gasteiger partial charge is 0.305 e. The molecule has 0 saturated carbocycles. The third-order valence-electron chi connectivity index (χ3n) is 19.2. The van der Waals surface area contributed by atoms with E-state index in [2.05, 4.69) is 31.3 Å². The Hall–Kier alpha value is -1.66. The van der Waals surface area contributed by atoms with Crippen LogP contribution >= 0.6 is 0 Å². The molecule has 522 valence electrons. The van der Waals surface area contributed by atoms with Gasteiger partial charge in [0.05, 0.1) is 25.4 Å². The van der Waals surface area contributed by atoms with Crippen LogP contribution < -0.4 is 5.32 Å². The van der Waals surface area contributed by atoms with E-state index in [1.807, 2.05) is 6.08 Å². The van der Waals surface area contributed by atoms with Gasteiger partial charge in [-0.05, 0) is 57.8 Å². The summed E-state index contributed by atoms with van der Waals surface area (Å²) < 4.78 is 5.50. The fraction of sp³-hybridized carbons (Fsp3) is 0.927. The summed E-state index contributed by atoms with van der Waals surface area (Å²) in [7, 11) is 0. The van der Waals surface area contributed by atoms with Crippen LogP contribution in [0.1, 0.15) is 463 Å². The van der Waals surface area contributed by atoms with Gasteiger partial charge in [-0.1, -0.05) is 417 Å². The van der Waals surface area contributed by atoms with E-state index in [0.717, 1.165) is 44.9 Å². The van der Waals surface area contributed by atoms with E-state index < -0.39 is 12.1 Å². The second-order valence-corrected chi connectivity index (χ2v) is 28.1. The zero-order valence-electron chi connectivity index (χ0n) is 60.0. The standard InChI is InChI=1S/C82H159NO5/c1-3-5-7-9-11-13-15-17-19-20-21-22-34-37-40-43-47-50-54-58-62-66-70-74-80(85)79(78-84)83-81(86)75-71-67-63-59-55-51-48-44-41-38-35-32-30-28-26-24-23-25-27-29-31-33-36-39-42-45-49-53-57-61-65-69-73-77-88-82(87)76-72-68-64-60-56-52-46-18-16-14-12-10-8-6-4-2/h18,46,70,74,79-80,84-85H,3-17,19-45,47-69,71-73,75-78H2,1-2H3,(H,83,86)/b46-18-,74-70+. The molecule has 0 spiro atoms. The molecule has 0 fully saturated rings. The first-order valence-corrected chi connectivity index (χ1v) is 40.6. The number of ether oxygens (including phenoxy) is 1. The van der Waals surface area contributed by atoms with Crippen LogP contribution in [0.15, 0.2) is 24.3 Å². The highest BCUT2D eigenvalue weighted by molar-refractivity contribution is 5.76. The molecule has 88 heavy (non-hydrogen) atoms. The third-order valence-corrected chi connectivity index (χ3v) is 19.2. The van der Waals surface area contributed by atoms with Gasteiger partial charge < -0.3 is 20.3 Å². The summed E-state index contributed by atoms with van der Waals surface area (Å²) >= 11 is 0. The summed E-state index contributed by atoms with van der Waals surface area (Å²) in [4.78, 5) is 24.6. The lowest BCUT2D eigenvalue weighted by atomic mass is 10.0. The Kier molecular flexibility index (Phi) is 76.3. The van der Waals surface area contributed by atoms with Crippen molar-refractivity contribution in [3.63, 3.8) is 0 Å². The molecule has 0 aliphatic carbocycles. The van der Waals surface area contributed by atoms with Crippen molar-refractivity contribution in [3.8, 4) is 0 Å². The quantitative estimate of drug-likeness (QED) is 0.0320. The van der Waals surface area contributed by atoms with Crippen molar-refractivity contribution in [1.29, 1.82) is 0 Å². The number of hydrogen-bond acceptors (Lipinski definition) is 5. The van der Waals surface area contributed by atoms with Gasteiger partial charge in [-0.2, -0.15) is 0 Å². The topological polar surface area (TPSA) is 95.9 Å². The fourth-order valence-corrected chi connectivity index (χ4v) is 13.0. The average Bonchev–Trinajstić information content (AvgIpc) is 3.58. The number of unbranched alkanes of at least 4 members (excludes halogenated alkanes) is 64. The normalized spacial score (nSPS) is 12.5. The molecular formula is C82H159NO5. The van der Waals surface area contributed by atoms with E-state index in [1.165, 1.54) is 392 Å². The molecule has 0 rings (SSSR count). The summed E-state index contributed by atoms with van der Waals surface area (Å²) in [5, 5.41) is 23.3. The van der Waals surface area contributed by atoms with Gasteiger partial charge in [-0.25, -0.2) is 0 Å². The van der Waals surface area contributed by atoms with Gasteiger partial charge in [0, 0.05) is 12.8 Å². The van der Waals surface area contributed by atoms with E-state index in [1.54, 1.807) is 6.08 Å². The molecule has 0 aliphatic heterocycles. The molecule has 6 heteroatoms. The number of carbonyl (C=O) groups excluding carboxylic acids is 2. The summed E-state index contributed by atoms with van der Waals surface area (Å²) in [6.07, 6.45) is 100. The van der Waals surface area contributed by atoms with Crippen molar-refractivity contribution in [3.05, 3.63) is 24.3 Å². The molecule has 0 aliphatic rings. The summed E-state index contributed by atoms with van der Waals surface area (Å²) in [6, 6.07) is -0.625. The molecule has 2 atom stereocenters. The Bertz CT molecular complexity index is 1380. The molecule has 0 saturated heterocycles. The Morgan fingerprint density at radius 1 is 0.307 bits per heavy atom. The van der Waals surface area contributed by atoms with E-state index in [4.69, 9.17) is 4.74 Å². The maximum atomic E-state index is 12.6. The molecular weight excluding hydrogens is 1080 g/mol. The number of allylic oxidation sites excluding steroid dienone is 3. The lowest BCUT2D eigenvalue weighted by molar-refractivity contribution is -0.143. The monoisotopic (exact) mass is 1240 g/mol. The van der Waals surface area contributed by atoms with Crippen LogP contribution in [0, 0.1) is 0 Å². The number of aliphatic hydroxyl groups is 2. The Balaban J connectivity index is 3.34. The Morgan fingerprint density at radius 3 is 0.807 bits per heavy atom. The molecule has 0 aromatic rings. The number of nitrogens with one attached hydrogen (secondary N) is 1. The van der Waals surface area contributed by atoms with Gasteiger partial charge in [0.15, 0.2) is 0 Å². The summed E-state index contributed by atoms with van der Waals surface area (Å²) in [6.45, 7) is 4.95. The molecule has 0 heterocycles. The lowest BCUT2D eigenvalue weighted by Crippen LogP contribution is -2.45. The van der Waals surface area contributed by atoms with Crippen molar-refractivity contribution in [2.75, 3.05) is 13.2 Å². The highest BCUT2D eigenvalue weighted by Gasteiger charge is 2.18. The van der Waals surface area contributed by atoms with Crippen LogP contribution in [-0.2, 0) is 14.3 Å². The van der Waals surface area contributed by atoms with Crippen molar-refractivity contribution in [2.24, 2.45) is 0 Å². The predicted octanol–water partition coefficient (Wildman–Crippen LogP) is 26.8. The number of aliphatic hydroxyl groups excluding tert-OH is 2. The fourth-order valence-electron chi connectivity index (χ4n) is 13.0. The van der Waals surface area contributed by atoms with Crippen LogP contribution in [0.4, 0.5) is 0 Å². The predicted molar refractivity (Wildman–Crippen MR) is 389 cm³/mol. The number of carbonyl (C=O) groups is 2. The van der Waals surface area contributed by atoms with Crippen LogP contribution in [0.3, 0.4) is 0 Å². The van der Waals surface area contributed by atoms with Gasteiger partial charge in [0.1, 0.15) is 0 Å². The SMILES string of the molecule is CCCCCCCC/C=C\CCCCCCCC(=O)OCCCCCCCCCCCCCCCCCCCCCCCCCCCCCCCCCCCC(=O)NC(CO)C(O)/C=C/CCCCCCCCCCCCCCCCCCCCCCC. The van der Waals surface area contributed by atoms with Gasteiger partial charge in [0.25, 0.3) is 0 Å². The first kappa shape index (κ1) is 86.3. The van der Waals surface area contributed by atoms with Crippen molar-refractivity contribution in [2.45, 2.75) is 475 Å². The maximum absolute atomic E-state index is 12.6. The van der Waals surface area contributed by atoms with Gasteiger partial charge in [-0.15, -0.1) is 0 Å². The second kappa shape index (κ2) is 77.8.